The summed E-state index contributed by atoms with van der Waals surface area (Å²) in [6, 6.07) is 3.15. The smallest absolute Gasteiger partial charge is 0.0625 e. The molecule has 16 heavy (non-hydrogen) atoms. The minimum Gasteiger partial charge on any atom is -0.295 e. The molecule has 0 N–H and O–H groups in total. The molecule has 0 aromatic carbocycles. The highest BCUT2D eigenvalue weighted by Gasteiger charge is 2.38. The van der Waals surface area contributed by atoms with Crippen molar-refractivity contribution in [2.45, 2.75) is 70.4 Å². The summed E-state index contributed by atoms with van der Waals surface area (Å²) in [7, 11) is 0. The van der Waals surface area contributed by atoms with Gasteiger partial charge in [-0.05, 0) is 45.4 Å². The van der Waals surface area contributed by atoms with E-state index in [4.69, 9.17) is 5.26 Å². The number of rotatable bonds is 2. The van der Waals surface area contributed by atoms with E-state index in [2.05, 4.69) is 24.8 Å². The monoisotopic (exact) mass is 220 g/mol. The third kappa shape index (κ3) is 2.40. The van der Waals surface area contributed by atoms with Crippen LogP contribution in [0.15, 0.2) is 0 Å². The summed E-state index contributed by atoms with van der Waals surface area (Å²) in [6.45, 7) is 5.92. The van der Waals surface area contributed by atoms with Crippen molar-refractivity contribution in [3.63, 3.8) is 0 Å². The Morgan fingerprint density at radius 3 is 2.56 bits per heavy atom. The minimum atomic E-state index is 0.362. The maximum Gasteiger partial charge on any atom is 0.0625 e. The van der Waals surface area contributed by atoms with E-state index in [0.717, 1.165) is 19.0 Å². The maximum atomic E-state index is 8.83. The first-order chi connectivity index (χ1) is 7.63. The number of piperidine rings is 1. The van der Waals surface area contributed by atoms with Gasteiger partial charge in [-0.25, -0.2) is 0 Å². The van der Waals surface area contributed by atoms with Crippen LogP contribution in [-0.4, -0.2) is 23.0 Å². The molecule has 1 aliphatic carbocycles. The van der Waals surface area contributed by atoms with E-state index >= 15 is 0 Å². The van der Waals surface area contributed by atoms with Crippen LogP contribution >= 0.6 is 0 Å². The van der Waals surface area contributed by atoms with E-state index in [1.165, 1.54) is 38.5 Å². The molecule has 1 atom stereocenters. The predicted octanol–water partition coefficient (Wildman–Crippen LogP) is 3.33. The standard InChI is InChI=1S/C14H24N2/c1-14(2)9-7-12(8-10-15)11-16(14)13-5-3-4-6-13/h12-13H,3-9,11H2,1-2H3. The highest BCUT2D eigenvalue weighted by Crippen LogP contribution is 2.37. The zero-order valence-corrected chi connectivity index (χ0v) is 10.7. The van der Waals surface area contributed by atoms with Gasteiger partial charge < -0.3 is 0 Å². The fourth-order valence-electron chi connectivity index (χ4n) is 3.47. The van der Waals surface area contributed by atoms with Crippen molar-refractivity contribution in [3.05, 3.63) is 0 Å². The fourth-order valence-corrected chi connectivity index (χ4v) is 3.47. The Labute approximate surface area is 99.6 Å². The molecule has 0 bridgehead atoms. The summed E-state index contributed by atoms with van der Waals surface area (Å²) in [4.78, 5) is 2.71. The summed E-state index contributed by atoms with van der Waals surface area (Å²) in [5.74, 6) is 0.624. The first kappa shape index (κ1) is 11.9. The Morgan fingerprint density at radius 2 is 1.94 bits per heavy atom. The quantitative estimate of drug-likeness (QED) is 0.713. The molecule has 0 aromatic heterocycles. The molecule has 1 saturated carbocycles. The Bertz CT molecular complexity index is 271. The van der Waals surface area contributed by atoms with Crippen molar-refractivity contribution in [2.24, 2.45) is 5.92 Å². The zero-order valence-electron chi connectivity index (χ0n) is 10.7. The number of likely N-dealkylation sites (tertiary alicyclic amines) is 1. The lowest BCUT2D eigenvalue weighted by molar-refractivity contribution is 0.00983. The van der Waals surface area contributed by atoms with E-state index in [0.29, 0.717) is 11.5 Å². The van der Waals surface area contributed by atoms with Gasteiger partial charge in [0.1, 0.15) is 0 Å². The van der Waals surface area contributed by atoms with Crippen molar-refractivity contribution in [3.8, 4) is 6.07 Å². The van der Waals surface area contributed by atoms with Gasteiger partial charge in [-0.2, -0.15) is 5.26 Å². The second-order valence-corrected chi connectivity index (χ2v) is 6.17. The molecule has 2 aliphatic rings. The summed E-state index contributed by atoms with van der Waals surface area (Å²) in [6.07, 6.45) is 8.81. The molecule has 90 valence electrons. The Kier molecular flexibility index (Phi) is 3.54. The molecule has 0 radical (unpaired) electrons. The molecule has 0 aromatic rings. The molecule has 1 unspecified atom stereocenters. The molecule has 2 rings (SSSR count). The van der Waals surface area contributed by atoms with E-state index in [-0.39, 0.29) is 0 Å². The summed E-state index contributed by atoms with van der Waals surface area (Å²) >= 11 is 0. The van der Waals surface area contributed by atoms with Crippen molar-refractivity contribution >= 4 is 0 Å². The number of nitrogens with zero attached hydrogens (tertiary/aromatic N) is 2. The topological polar surface area (TPSA) is 27.0 Å². The summed E-state index contributed by atoms with van der Waals surface area (Å²) in [5, 5.41) is 8.83. The van der Waals surface area contributed by atoms with Crippen LogP contribution in [0.2, 0.25) is 0 Å². The molecule has 1 aliphatic heterocycles. The summed E-state index contributed by atoms with van der Waals surface area (Å²) in [5.41, 5.74) is 0.362. The second kappa shape index (κ2) is 4.75. The lowest BCUT2D eigenvalue weighted by Gasteiger charge is -2.48. The van der Waals surface area contributed by atoms with Gasteiger partial charge in [-0.3, -0.25) is 4.90 Å². The second-order valence-electron chi connectivity index (χ2n) is 6.17. The average molecular weight is 220 g/mol. The van der Waals surface area contributed by atoms with Crippen LogP contribution < -0.4 is 0 Å². The Morgan fingerprint density at radius 1 is 1.25 bits per heavy atom. The fraction of sp³-hybridized carbons (Fsp3) is 0.929. The van der Waals surface area contributed by atoms with Crippen LogP contribution in [0.1, 0.15) is 58.8 Å². The predicted molar refractivity (Wildman–Crippen MR) is 66.0 cm³/mol. The van der Waals surface area contributed by atoms with Crippen molar-refractivity contribution in [1.29, 1.82) is 5.26 Å². The first-order valence-electron chi connectivity index (χ1n) is 6.77. The van der Waals surface area contributed by atoms with Crippen LogP contribution in [0.5, 0.6) is 0 Å². The molecule has 0 spiro atoms. The van der Waals surface area contributed by atoms with Crippen LogP contribution in [-0.2, 0) is 0 Å². The maximum absolute atomic E-state index is 8.83. The molecule has 2 heteroatoms. The lowest BCUT2D eigenvalue weighted by Crippen LogP contribution is -2.54. The molecule has 0 amide bonds. The first-order valence-corrected chi connectivity index (χ1v) is 6.77. The lowest BCUT2D eigenvalue weighted by atomic mass is 9.82. The zero-order chi connectivity index (χ0) is 11.6. The third-order valence-electron chi connectivity index (χ3n) is 4.54. The molecule has 2 nitrogen and oxygen atoms in total. The Balaban J connectivity index is 2.02. The average Bonchev–Trinajstić information content (AvgIpc) is 2.74. The van der Waals surface area contributed by atoms with Crippen molar-refractivity contribution in [2.75, 3.05) is 6.54 Å². The molecule has 1 saturated heterocycles. The molecular formula is C14H24N2. The highest BCUT2D eigenvalue weighted by atomic mass is 15.2. The van der Waals surface area contributed by atoms with E-state index < -0.39 is 0 Å². The van der Waals surface area contributed by atoms with Gasteiger partial charge >= 0.3 is 0 Å². The van der Waals surface area contributed by atoms with Crippen LogP contribution in [0, 0.1) is 17.2 Å². The number of hydrogen-bond donors (Lipinski definition) is 0. The Hall–Kier alpha value is -0.550. The van der Waals surface area contributed by atoms with Gasteiger partial charge in [-0.1, -0.05) is 12.8 Å². The molecule has 1 heterocycles. The van der Waals surface area contributed by atoms with E-state index in [1.807, 2.05) is 0 Å². The van der Waals surface area contributed by atoms with Gasteiger partial charge in [0.05, 0.1) is 6.07 Å². The van der Waals surface area contributed by atoms with Crippen LogP contribution in [0.4, 0.5) is 0 Å². The summed E-state index contributed by atoms with van der Waals surface area (Å²) < 4.78 is 0. The van der Waals surface area contributed by atoms with Gasteiger partial charge in [0.25, 0.3) is 0 Å². The number of hydrogen-bond acceptors (Lipinski definition) is 2. The molecule has 2 fully saturated rings. The highest BCUT2D eigenvalue weighted by molar-refractivity contribution is 4.95. The van der Waals surface area contributed by atoms with Crippen molar-refractivity contribution in [1.82, 2.24) is 4.90 Å². The number of nitriles is 1. The van der Waals surface area contributed by atoms with E-state index in [9.17, 15) is 0 Å². The van der Waals surface area contributed by atoms with Gasteiger partial charge in [-0.15, -0.1) is 0 Å². The van der Waals surface area contributed by atoms with Gasteiger partial charge in [0.2, 0.25) is 0 Å². The van der Waals surface area contributed by atoms with Crippen LogP contribution in [0.25, 0.3) is 0 Å². The van der Waals surface area contributed by atoms with Gasteiger partial charge in [0, 0.05) is 24.5 Å². The van der Waals surface area contributed by atoms with Crippen LogP contribution in [0.3, 0.4) is 0 Å². The van der Waals surface area contributed by atoms with E-state index in [1.54, 1.807) is 0 Å². The normalized spacial score (nSPS) is 31.4. The SMILES string of the molecule is CC1(C)CCC(CC#N)CN1C1CCCC1. The minimum absolute atomic E-state index is 0.362. The molecular weight excluding hydrogens is 196 g/mol. The largest absolute Gasteiger partial charge is 0.295 e. The van der Waals surface area contributed by atoms with Crippen molar-refractivity contribution < 1.29 is 0 Å². The third-order valence-corrected chi connectivity index (χ3v) is 4.54. The van der Waals surface area contributed by atoms with Gasteiger partial charge in [0.15, 0.2) is 0 Å².